The first-order chi connectivity index (χ1) is 15.0. The van der Waals surface area contributed by atoms with Crippen LogP contribution < -0.4 is 0 Å². The lowest BCUT2D eigenvalue weighted by Crippen LogP contribution is -2.39. The van der Waals surface area contributed by atoms with Crippen LogP contribution in [0.2, 0.25) is 0 Å². The highest BCUT2D eigenvalue weighted by Gasteiger charge is 2.43. The third kappa shape index (κ3) is 4.31. The highest BCUT2D eigenvalue weighted by atomic mass is 16.4. The molecule has 2 aliphatic rings. The molecule has 2 aromatic rings. The molecule has 31 heavy (non-hydrogen) atoms. The van der Waals surface area contributed by atoms with Crippen molar-refractivity contribution in [2.45, 2.75) is 38.5 Å². The Kier molecular flexibility index (Phi) is 6.03. The number of rotatable bonds is 7. The highest BCUT2D eigenvalue weighted by Crippen LogP contribution is 2.41. The topological polar surface area (TPSA) is 91.7 Å². The van der Waals surface area contributed by atoms with Gasteiger partial charge in [-0.15, -0.1) is 0 Å². The fraction of sp³-hybridized carbons (Fsp3) is 0.346. The quantitative estimate of drug-likeness (QED) is 0.633. The Morgan fingerprint density at radius 1 is 0.935 bits per heavy atom. The van der Waals surface area contributed by atoms with Crippen LogP contribution in [0.5, 0.6) is 0 Å². The molecule has 0 bridgehead atoms. The maximum atomic E-state index is 13.2. The smallest absolute Gasteiger partial charge is 0.303 e. The number of carboxylic acids is 1. The Hall–Kier alpha value is -3.21. The Morgan fingerprint density at radius 2 is 1.65 bits per heavy atom. The SMILES string of the molecule is O=C(O)CC1CCC1C(=O)C1=C(O)CCC(Cc2ccccc2-c2ccccc2)C1=O. The number of Topliss-reactive ketones (excluding diaryl/α,β-unsaturated/α-hetero) is 2. The molecule has 0 saturated heterocycles. The Bertz CT molecular complexity index is 1040. The van der Waals surface area contributed by atoms with Gasteiger partial charge in [0.1, 0.15) is 5.76 Å². The molecule has 1 fully saturated rings. The number of carboxylic acid groups (broad SMARTS) is 1. The van der Waals surface area contributed by atoms with Gasteiger partial charge in [-0.3, -0.25) is 14.4 Å². The summed E-state index contributed by atoms with van der Waals surface area (Å²) in [7, 11) is 0. The van der Waals surface area contributed by atoms with Crippen molar-refractivity contribution in [3.05, 3.63) is 71.5 Å². The third-order valence-corrected chi connectivity index (χ3v) is 6.64. The number of carbonyl (C=O) groups is 3. The van der Waals surface area contributed by atoms with Crippen molar-refractivity contribution in [1.82, 2.24) is 0 Å². The zero-order valence-corrected chi connectivity index (χ0v) is 17.3. The van der Waals surface area contributed by atoms with Gasteiger partial charge in [0.25, 0.3) is 0 Å². The van der Waals surface area contributed by atoms with Crippen molar-refractivity contribution in [1.29, 1.82) is 0 Å². The van der Waals surface area contributed by atoms with Gasteiger partial charge in [-0.2, -0.15) is 0 Å². The molecule has 2 aromatic carbocycles. The van der Waals surface area contributed by atoms with Gasteiger partial charge in [0, 0.05) is 24.7 Å². The first-order valence-corrected chi connectivity index (χ1v) is 10.8. The van der Waals surface area contributed by atoms with Crippen LogP contribution in [0.15, 0.2) is 65.9 Å². The van der Waals surface area contributed by atoms with Gasteiger partial charge in [0.2, 0.25) is 0 Å². The molecular formula is C26H26O5. The second-order valence-electron chi connectivity index (χ2n) is 8.55. The van der Waals surface area contributed by atoms with Crippen LogP contribution in [-0.2, 0) is 20.8 Å². The van der Waals surface area contributed by atoms with Gasteiger partial charge in [0.05, 0.1) is 5.57 Å². The van der Waals surface area contributed by atoms with E-state index in [1.54, 1.807) is 0 Å². The summed E-state index contributed by atoms with van der Waals surface area (Å²) in [6.45, 7) is 0. The number of hydrogen-bond donors (Lipinski definition) is 2. The van der Waals surface area contributed by atoms with E-state index in [1.807, 2.05) is 54.6 Å². The minimum Gasteiger partial charge on any atom is -0.511 e. The second-order valence-corrected chi connectivity index (χ2v) is 8.55. The van der Waals surface area contributed by atoms with Crippen molar-refractivity contribution in [2.75, 3.05) is 0 Å². The summed E-state index contributed by atoms with van der Waals surface area (Å²) >= 11 is 0. The maximum absolute atomic E-state index is 13.2. The molecule has 5 nitrogen and oxygen atoms in total. The lowest BCUT2D eigenvalue weighted by Gasteiger charge is -2.36. The van der Waals surface area contributed by atoms with E-state index in [-0.39, 0.29) is 41.2 Å². The van der Waals surface area contributed by atoms with Gasteiger partial charge >= 0.3 is 5.97 Å². The number of ketones is 2. The van der Waals surface area contributed by atoms with Crippen molar-refractivity contribution >= 4 is 17.5 Å². The zero-order chi connectivity index (χ0) is 22.0. The van der Waals surface area contributed by atoms with Crippen molar-refractivity contribution < 1.29 is 24.6 Å². The fourth-order valence-corrected chi connectivity index (χ4v) is 4.80. The molecule has 2 aliphatic carbocycles. The molecule has 0 spiro atoms. The molecule has 0 aliphatic heterocycles. The number of allylic oxidation sites excluding steroid dienone is 2. The van der Waals surface area contributed by atoms with Crippen LogP contribution >= 0.6 is 0 Å². The molecule has 0 radical (unpaired) electrons. The molecule has 0 aromatic heterocycles. The van der Waals surface area contributed by atoms with Crippen LogP contribution in [0.1, 0.15) is 37.7 Å². The van der Waals surface area contributed by atoms with Crippen LogP contribution in [-0.4, -0.2) is 27.7 Å². The van der Waals surface area contributed by atoms with Gasteiger partial charge < -0.3 is 10.2 Å². The first kappa shape index (κ1) is 21.0. The number of aliphatic hydroxyl groups excluding tert-OH is 1. The van der Waals surface area contributed by atoms with E-state index in [2.05, 4.69) is 0 Å². The highest BCUT2D eigenvalue weighted by molar-refractivity contribution is 6.22. The molecule has 3 unspecified atom stereocenters. The van der Waals surface area contributed by atoms with Gasteiger partial charge in [-0.05, 0) is 48.3 Å². The monoisotopic (exact) mass is 418 g/mol. The molecule has 5 heteroatoms. The summed E-state index contributed by atoms with van der Waals surface area (Å²) in [6, 6.07) is 17.9. The average Bonchev–Trinajstić information content (AvgIpc) is 2.74. The molecule has 0 heterocycles. The molecule has 160 valence electrons. The Morgan fingerprint density at radius 3 is 2.32 bits per heavy atom. The summed E-state index contributed by atoms with van der Waals surface area (Å²) in [5, 5.41) is 19.4. The van der Waals surface area contributed by atoms with E-state index < -0.39 is 11.9 Å². The van der Waals surface area contributed by atoms with E-state index in [0.717, 1.165) is 16.7 Å². The Balaban J connectivity index is 1.55. The first-order valence-electron chi connectivity index (χ1n) is 10.8. The summed E-state index contributed by atoms with van der Waals surface area (Å²) in [6.07, 6.45) is 2.44. The van der Waals surface area contributed by atoms with E-state index in [9.17, 15) is 19.5 Å². The van der Waals surface area contributed by atoms with Crippen LogP contribution in [0, 0.1) is 17.8 Å². The zero-order valence-electron chi connectivity index (χ0n) is 17.3. The largest absolute Gasteiger partial charge is 0.511 e. The Labute approximate surface area is 181 Å². The summed E-state index contributed by atoms with van der Waals surface area (Å²) in [4.78, 5) is 37.3. The number of aliphatic hydroxyl groups is 1. The lowest BCUT2D eigenvalue weighted by atomic mass is 9.66. The predicted octanol–water partition coefficient (Wildman–Crippen LogP) is 4.76. The van der Waals surface area contributed by atoms with Crippen LogP contribution in [0.25, 0.3) is 11.1 Å². The maximum Gasteiger partial charge on any atom is 0.303 e. The number of aliphatic carboxylic acids is 1. The molecule has 0 amide bonds. The van der Waals surface area contributed by atoms with Crippen LogP contribution in [0.3, 0.4) is 0 Å². The van der Waals surface area contributed by atoms with E-state index >= 15 is 0 Å². The van der Waals surface area contributed by atoms with Crippen molar-refractivity contribution in [2.24, 2.45) is 17.8 Å². The fourth-order valence-electron chi connectivity index (χ4n) is 4.80. The molecular weight excluding hydrogens is 392 g/mol. The van der Waals surface area contributed by atoms with Gasteiger partial charge in [-0.25, -0.2) is 0 Å². The third-order valence-electron chi connectivity index (χ3n) is 6.64. The second kappa shape index (κ2) is 8.88. The molecule has 1 saturated carbocycles. The summed E-state index contributed by atoms with van der Waals surface area (Å²) in [5.74, 6) is -2.86. The predicted molar refractivity (Wildman–Crippen MR) is 116 cm³/mol. The average molecular weight is 418 g/mol. The number of hydrogen-bond acceptors (Lipinski definition) is 4. The summed E-state index contributed by atoms with van der Waals surface area (Å²) in [5.41, 5.74) is 3.08. The number of carbonyl (C=O) groups excluding carboxylic acids is 2. The standard InChI is InChI=1S/C26H26O5/c27-22-13-11-19(14-17-8-4-5-9-20(17)16-6-2-1-3-7-16)25(30)24(22)26(31)21-12-10-18(21)15-23(28)29/h1-9,18-19,21,27H,10-15H2,(H,28,29). The molecule has 3 atom stereocenters. The minimum absolute atomic E-state index is 0.0769. The van der Waals surface area contributed by atoms with Crippen LogP contribution in [0.4, 0.5) is 0 Å². The van der Waals surface area contributed by atoms with Gasteiger partial charge in [-0.1, -0.05) is 54.6 Å². The van der Waals surface area contributed by atoms with Gasteiger partial charge in [0.15, 0.2) is 11.6 Å². The lowest BCUT2D eigenvalue weighted by molar-refractivity contribution is -0.140. The summed E-state index contributed by atoms with van der Waals surface area (Å²) < 4.78 is 0. The normalized spacial score (nSPS) is 23.4. The molecule has 2 N–H and O–H groups in total. The van der Waals surface area contributed by atoms with Crippen molar-refractivity contribution in [3.8, 4) is 11.1 Å². The number of benzene rings is 2. The van der Waals surface area contributed by atoms with Crippen molar-refractivity contribution in [3.63, 3.8) is 0 Å². The van der Waals surface area contributed by atoms with E-state index in [1.165, 1.54) is 0 Å². The molecule has 4 rings (SSSR count). The van der Waals surface area contributed by atoms with E-state index in [0.29, 0.717) is 32.1 Å². The van der Waals surface area contributed by atoms with E-state index in [4.69, 9.17) is 5.11 Å². The minimum atomic E-state index is -0.939.